The number of carboxylic acid groups (broad SMARTS) is 1. The Morgan fingerprint density at radius 1 is 1.16 bits per heavy atom. The summed E-state index contributed by atoms with van der Waals surface area (Å²) >= 11 is 0. The van der Waals surface area contributed by atoms with Crippen molar-refractivity contribution in [2.45, 2.75) is 11.8 Å². The smallest absolute Gasteiger partial charge is 0.354 e. The molecule has 0 amide bonds. The zero-order chi connectivity index (χ0) is 18.2. The molecule has 3 N–H and O–H groups in total. The van der Waals surface area contributed by atoms with E-state index in [0.29, 0.717) is 16.7 Å². The molecule has 0 atom stereocenters. The third kappa shape index (κ3) is 3.16. The van der Waals surface area contributed by atoms with Crippen molar-refractivity contribution in [1.29, 1.82) is 0 Å². The summed E-state index contributed by atoms with van der Waals surface area (Å²) < 4.78 is 32.7. The highest BCUT2D eigenvalue weighted by Crippen LogP contribution is 2.31. The highest BCUT2D eigenvalue weighted by atomic mass is 32.2. The van der Waals surface area contributed by atoms with Gasteiger partial charge in [-0.05, 0) is 43.3 Å². The Balaban J connectivity index is 2.10. The van der Waals surface area contributed by atoms with Crippen molar-refractivity contribution in [3.05, 3.63) is 53.7 Å². The first kappa shape index (κ1) is 16.8. The Labute approximate surface area is 144 Å². The molecule has 0 saturated heterocycles. The molecule has 0 spiro atoms. The number of benzene rings is 2. The van der Waals surface area contributed by atoms with Crippen LogP contribution in [0.15, 0.2) is 47.4 Å². The van der Waals surface area contributed by atoms with E-state index in [-0.39, 0.29) is 16.3 Å². The highest BCUT2D eigenvalue weighted by molar-refractivity contribution is 7.92. The minimum Gasteiger partial charge on any atom is -0.497 e. The molecule has 0 aliphatic heterocycles. The first-order valence-electron chi connectivity index (χ1n) is 7.34. The van der Waals surface area contributed by atoms with E-state index in [1.165, 1.54) is 31.4 Å². The average Bonchev–Trinajstić information content (AvgIpc) is 2.92. The van der Waals surface area contributed by atoms with Gasteiger partial charge in [-0.2, -0.15) is 0 Å². The lowest BCUT2D eigenvalue weighted by Gasteiger charge is -2.09. The van der Waals surface area contributed by atoms with E-state index in [0.717, 1.165) is 5.56 Å². The lowest BCUT2D eigenvalue weighted by atomic mass is 10.1. The number of fused-ring (bicyclic) bond motifs is 1. The highest BCUT2D eigenvalue weighted by Gasteiger charge is 2.23. The number of carbonyl (C=O) groups is 1. The van der Waals surface area contributed by atoms with E-state index in [4.69, 9.17) is 4.74 Å². The van der Waals surface area contributed by atoms with Crippen LogP contribution in [0.2, 0.25) is 0 Å². The normalized spacial score (nSPS) is 11.4. The molecule has 0 aliphatic rings. The lowest BCUT2D eigenvalue weighted by Crippen LogP contribution is -2.15. The Hall–Kier alpha value is -3.00. The van der Waals surface area contributed by atoms with Crippen molar-refractivity contribution in [3.63, 3.8) is 0 Å². The first-order chi connectivity index (χ1) is 11.8. The summed E-state index contributed by atoms with van der Waals surface area (Å²) in [6, 6.07) is 11.1. The molecule has 130 valence electrons. The molecule has 8 heteroatoms. The summed E-state index contributed by atoms with van der Waals surface area (Å²) in [6.45, 7) is 1.84. The van der Waals surface area contributed by atoms with Crippen LogP contribution in [0, 0.1) is 6.92 Å². The second-order valence-corrected chi connectivity index (χ2v) is 7.19. The third-order valence-corrected chi connectivity index (χ3v) is 5.14. The number of H-pyrrole nitrogens is 1. The van der Waals surface area contributed by atoms with Gasteiger partial charge in [-0.3, -0.25) is 4.72 Å². The molecule has 0 bridgehead atoms. The standard InChI is InChI=1S/C17H16N2O5S/c1-10-3-8-14-13(9-10)15(16(18-14)17(20)21)19-25(22,23)12-6-4-11(24-2)5-7-12/h3-9,18-19H,1-2H3,(H,20,21). The van der Waals surface area contributed by atoms with Gasteiger partial charge >= 0.3 is 5.97 Å². The van der Waals surface area contributed by atoms with Crippen LogP contribution in [0.1, 0.15) is 16.1 Å². The quantitative estimate of drug-likeness (QED) is 0.648. The summed E-state index contributed by atoms with van der Waals surface area (Å²) in [4.78, 5) is 14.2. The Morgan fingerprint density at radius 3 is 2.44 bits per heavy atom. The number of hydrogen-bond donors (Lipinski definition) is 3. The topological polar surface area (TPSA) is 108 Å². The molecule has 0 saturated carbocycles. The van der Waals surface area contributed by atoms with E-state index >= 15 is 0 Å². The number of sulfonamides is 1. The van der Waals surface area contributed by atoms with E-state index in [9.17, 15) is 18.3 Å². The number of carboxylic acids is 1. The first-order valence-corrected chi connectivity index (χ1v) is 8.82. The van der Waals surface area contributed by atoms with Crippen molar-refractivity contribution in [2.75, 3.05) is 11.8 Å². The number of rotatable bonds is 5. The van der Waals surface area contributed by atoms with E-state index in [1.54, 1.807) is 12.1 Å². The number of aromatic nitrogens is 1. The van der Waals surface area contributed by atoms with E-state index in [1.807, 2.05) is 13.0 Å². The second kappa shape index (κ2) is 6.14. The molecular weight excluding hydrogens is 344 g/mol. The van der Waals surface area contributed by atoms with Crippen molar-refractivity contribution in [3.8, 4) is 5.75 Å². The Kier molecular flexibility index (Phi) is 4.13. The number of anilines is 1. The van der Waals surface area contributed by atoms with Gasteiger partial charge in [0.05, 0.1) is 17.7 Å². The SMILES string of the molecule is COc1ccc(S(=O)(=O)Nc2c(C(=O)O)[nH]c3ccc(C)cc23)cc1. The van der Waals surface area contributed by atoms with Crippen molar-refractivity contribution < 1.29 is 23.1 Å². The molecule has 0 aliphatic carbocycles. The number of aryl methyl sites for hydroxylation is 1. The van der Waals surface area contributed by atoms with Gasteiger partial charge in [0.1, 0.15) is 11.4 Å². The number of aromatic carboxylic acids is 1. The van der Waals surface area contributed by atoms with Gasteiger partial charge in [-0.1, -0.05) is 11.6 Å². The van der Waals surface area contributed by atoms with Crippen LogP contribution in [0.5, 0.6) is 5.75 Å². The zero-order valence-corrected chi connectivity index (χ0v) is 14.3. The fourth-order valence-electron chi connectivity index (χ4n) is 2.52. The molecule has 0 radical (unpaired) electrons. The van der Waals surface area contributed by atoms with Crippen molar-refractivity contribution >= 4 is 32.6 Å². The molecular formula is C17H16N2O5S. The van der Waals surface area contributed by atoms with Crippen LogP contribution >= 0.6 is 0 Å². The van der Waals surface area contributed by atoms with E-state index in [2.05, 4.69) is 9.71 Å². The molecule has 3 rings (SSSR count). The summed E-state index contributed by atoms with van der Waals surface area (Å²) in [6.07, 6.45) is 0. The summed E-state index contributed by atoms with van der Waals surface area (Å²) in [5.41, 5.74) is 1.23. The van der Waals surface area contributed by atoms with Crippen LogP contribution in [-0.2, 0) is 10.0 Å². The molecule has 0 fully saturated rings. The molecule has 1 aromatic heterocycles. The van der Waals surface area contributed by atoms with Crippen LogP contribution in [0.25, 0.3) is 10.9 Å². The third-order valence-electron chi connectivity index (χ3n) is 3.77. The molecule has 1 heterocycles. The maximum Gasteiger partial charge on any atom is 0.354 e. The van der Waals surface area contributed by atoms with Gasteiger partial charge in [0, 0.05) is 10.9 Å². The minimum atomic E-state index is -3.96. The molecule has 2 aromatic carbocycles. The van der Waals surface area contributed by atoms with Crippen LogP contribution in [0.4, 0.5) is 5.69 Å². The Morgan fingerprint density at radius 2 is 1.84 bits per heavy atom. The molecule has 0 unspecified atom stereocenters. The fraction of sp³-hybridized carbons (Fsp3) is 0.118. The predicted octanol–water partition coefficient (Wildman–Crippen LogP) is 2.98. The number of nitrogens with one attached hydrogen (secondary N) is 2. The van der Waals surface area contributed by atoms with Crippen LogP contribution < -0.4 is 9.46 Å². The number of methoxy groups -OCH3 is 1. The summed E-state index contributed by atoms with van der Waals surface area (Å²) in [5.74, 6) is -0.728. The van der Waals surface area contributed by atoms with Gasteiger partial charge in [0.15, 0.2) is 0 Å². The van der Waals surface area contributed by atoms with Crippen molar-refractivity contribution in [2.24, 2.45) is 0 Å². The number of aromatic amines is 1. The molecule has 25 heavy (non-hydrogen) atoms. The number of ether oxygens (including phenoxy) is 1. The number of hydrogen-bond acceptors (Lipinski definition) is 4. The lowest BCUT2D eigenvalue weighted by molar-refractivity contribution is 0.0692. The van der Waals surface area contributed by atoms with Gasteiger partial charge in [0.25, 0.3) is 10.0 Å². The van der Waals surface area contributed by atoms with Gasteiger partial charge < -0.3 is 14.8 Å². The molecule has 7 nitrogen and oxygen atoms in total. The van der Waals surface area contributed by atoms with Crippen LogP contribution in [-0.4, -0.2) is 31.6 Å². The minimum absolute atomic E-state index is 0.00615. The van der Waals surface area contributed by atoms with E-state index < -0.39 is 16.0 Å². The van der Waals surface area contributed by atoms with Gasteiger partial charge in [-0.15, -0.1) is 0 Å². The predicted molar refractivity (Wildman–Crippen MR) is 93.8 cm³/mol. The maximum absolute atomic E-state index is 12.6. The summed E-state index contributed by atoms with van der Waals surface area (Å²) in [5, 5.41) is 9.88. The Bertz CT molecular complexity index is 1050. The zero-order valence-electron chi connectivity index (χ0n) is 13.5. The summed E-state index contributed by atoms with van der Waals surface area (Å²) in [7, 11) is -2.48. The molecule has 3 aromatic rings. The van der Waals surface area contributed by atoms with Crippen LogP contribution in [0.3, 0.4) is 0 Å². The average molecular weight is 360 g/mol. The fourth-order valence-corrected chi connectivity index (χ4v) is 3.61. The maximum atomic E-state index is 12.6. The van der Waals surface area contributed by atoms with Gasteiger partial charge in [-0.25, -0.2) is 13.2 Å². The second-order valence-electron chi connectivity index (χ2n) is 5.51. The largest absolute Gasteiger partial charge is 0.497 e. The van der Waals surface area contributed by atoms with Crippen molar-refractivity contribution in [1.82, 2.24) is 4.98 Å². The van der Waals surface area contributed by atoms with Gasteiger partial charge in [0.2, 0.25) is 0 Å². The monoisotopic (exact) mass is 360 g/mol.